The van der Waals surface area contributed by atoms with Gasteiger partial charge in [-0.25, -0.2) is 0 Å². The third-order valence-corrected chi connectivity index (χ3v) is 8.57. The first-order valence-corrected chi connectivity index (χ1v) is 15.2. The van der Waals surface area contributed by atoms with Crippen LogP contribution in [-0.4, -0.2) is 66.3 Å². The molecule has 1 heterocycles. The molecule has 4 rings (SSSR count). The number of hydrogen-bond donors (Lipinski definition) is 2. The standard InChI is InChI=1S/C36H46N4O3/c1-26(24-35(2,3)37)21-32(41)39(5)31(23-28-15-16-29-13-9-10-14-30(29)22-28)33(42)40-19-17-36(18-20-40,34(43)38-4)25-27-11-7-6-8-12-27/h6-16,21-22,31H,17-20,23-25,37H2,1-5H3,(H,38,43)/b26-21+/t31-/m1/s1. The number of hydrogen-bond acceptors (Lipinski definition) is 4. The molecule has 0 saturated carbocycles. The number of nitrogens with zero attached hydrogens (tertiary/aromatic N) is 2. The van der Waals surface area contributed by atoms with Crippen molar-refractivity contribution in [3.63, 3.8) is 0 Å². The fourth-order valence-electron chi connectivity index (χ4n) is 6.32. The van der Waals surface area contributed by atoms with Crippen molar-refractivity contribution in [2.75, 3.05) is 27.2 Å². The molecule has 0 unspecified atom stereocenters. The van der Waals surface area contributed by atoms with Gasteiger partial charge in [0.05, 0.1) is 5.41 Å². The molecule has 1 fully saturated rings. The van der Waals surface area contributed by atoms with Gasteiger partial charge in [0.15, 0.2) is 0 Å². The van der Waals surface area contributed by atoms with Crippen molar-refractivity contribution in [1.29, 1.82) is 0 Å². The third kappa shape index (κ3) is 8.11. The lowest BCUT2D eigenvalue weighted by Crippen LogP contribution is -2.55. The quantitative estimate of drug-likeness (QED) is 0.333. The number of piperidine rings is 1. The van der Waals surface area contributed by atoms with Gasteiger partial charge in [-0.1, -0.05) is 78.4 Å². The molecular weight excluding hydrogens is 536 g/mol. The highest BCUT2D eigenvalue weighted by Crippen LogP contribution is 2.36. The average molecular weight is 583 g/mol. The van der Waals surface area contributed by atoms with Crippen LogP contribution in [-0.2, 0) is 27.2 Å². The lowest BCUT2D eigenvalue weighted by atomic mass is 9.73. The van der Waals surface area contributed by atoms with Gasteiger partial charge in [-0.05, 0) is 68.4 Å². The minimum Gasteiger partial charge on any atom is -0.359 e. The van der Waals surface area contributed by atoms with E-state index in [4.69, 9.17) is 5.73 Å². The first kappa shape index (κ1) is 32.0. The van der Waals surface area contributed by atoms with Gasteiger partial charge in [0.1, 0.15) is 6.04 Å². The number of nitrogens with two attached hydrogens (primary N) is 1. The molecule has 0 aromatic heterocycles. The SMILES string of the molecule is CNC(=O)C1(Cc2ccccc2)CCN(C(=O)[C@@H](Cc2ccc3ccccc3c2)N(C)C(=O)/C=C(\C)CC(C)(C)N)CC1. The fourth-order valence-corrected chi connectivity index (χ4v) is 6.32. The summed E-state index contributed by atoms with van der Waals surface area (Å²) in [4.78, 5) is 44.3. The van der Waals surface area contributed by atoms with Crippen LogP contribution in [0.4, 0.5) is 0 Å². The van der Waals surface area contributed by atoms with E-state index in [9.17, 15) is 14.4 Å². The lowest BCUT2D eigenvalue weighted by Gasteiger charge is -2.42. The van der Waals surface area contributed by atoms with Gasteiger partial charge < -0.3 is 20.9 Å². The molecule has 0 radical (unpaired) electrons. The van der Waals surface area contributed by atoms with E-state index >= 15 is 0 Å². The number of carbonyl (C=O) groups is 3. The van der Waals surface area contributed by atoms with Crippen molar-refractivity contribution in [3.8, 4) is 0 Å². The van der Waals surface area contributed by atoms with Crippen LogP contribution in [0, 0.1) is 5.41 Å². The molecule has 3 aromatic carbocycles. The second-order valence-electron chi connectivity index (χ2n) is 12.9. The number of likely N-dealkylation sites (tertiary alicyclic amines) is 1. The van der Waals surface area contributed by atoms with E-state index in [1.54, 1.807) is 25.1 Å². The van der Waals surface area contributed by atoms with Gasteiger partial charge in [-0.2, -0.15) is 0 Å². The normalized spacial score (nSPS) is 16.0. The maximum Gasteiger partial charge on any atom is 0.246 e. The number of nitrogens with one attached hydrogen (secondary N) is 1. The predicted molar refractivity (Wildman–Crippen MR) is 173 cm³/mol. The molecule has 228 valence electrons. The van der Waals surface area contributed by atoms with Crippen LogP contribution in [0.2, 0.25) is 0 Å². The van der Waals surface area contributed by atoms with E-state index in [0.29, 0.717) is 45.2 Å². The fraction of sp³-hybridized carbons (Fsp3) is 0.417. The van der Waals surface area contributed by atoms with Crippen LogP contribution in [0.3, 0.4) is 0 Å². The summed E-state index contributed by atoms with van der Waals surface area (Å²) in [6, 6.07) is 23.7. The van der Waals surface area contributed by atoms with Crippen LogP contribution in [0.5, 0.6) is 0 Å². The predicted octanol–water partition coefficient (Wildman–Crippen LogP) is 4.88. The van der Waals surface area contributed by atoms with Gasteiger partial charge in [-0.15, -0.1) is 0 Å². The summed E-state index contributed by atoms with van der Waals surface area (Å²) in [5.74, 6) is -0.312. The minimum absolute atomic E-state index is 0.00639. The maximum atomic E-state index is 14.2. The van der Waals surface area contributed by atoms with Crippen LogP contribution < -0.4 is 11.1 Å². The number of fused-ring (bicyclic) bond motifs is 1. The Balaban J connectivity index is 1.58. The molecule has 1 aliphatic heterocycles. The summed E-state index contributed by atoms with van der Waals surface area (Å²) < 4.78 is 0. The summed E-state index contributed by atoms with van der Waals surface area (Å²) in [5, 5.41) is 5.09. The van der Waals surface area contributed by atoms with E-state index in [1.165, 1.54) is 0 Å². The van der Waals surface area contributed by atoms with Crippen molar-refractivity contribution in [3.05, 3.63) is 95.6 Å². The van der Waals surface area contributed by atoms with Gasteiger partial charge in [0.2, 0.25) is 17.7 Å². The minimum atomic E-state index is -0.690. The monoisotopic (exact) mass is 582 g/mol. The van der Waals surface area contributed by atoms with Gasteiger partial charge in [0, 0.05) is 45.2 Å². The maximum absolute atomic E-state index is 14.2. The molecule has 3 aromatic rings. The third-order valence-electron chi connectivity index (χ3n) is 8.57. The molecule has 7 nitrogen and oxygen atoms in total. The molecule has 0 aliphatic carbocycles. The smallest absolute Gasteiger partial charge is 0.246 e. The van der Waals surface area contributed by atoms with Crippen LogP contribution in [0.15, 0.2) is 84.4 Å². The highest BCUT2D eigenvalue weighted by molar-refractivity contribution is 5.94. The van der Waals surface area contributed by atoms with Crippen LogP contribution in [0.25, 0.3) is 10.8 Å². The number of likely N-dealkylation sites (N-methyl/N-ethyl adjacent to an activating group) is 1. The Hall–Kier alpha value is -3.97. The Kier molecular flexibility index (Phi) is 10.1. The van der Waals surface area contributed by atoms with E-state index < -0.39 is 17.0 Å². The summed E-state index contributed by atoms with van der Waals surface area (Å²) in [5.41, 5.74) is 8.13. The van der Waals surface area contributed by atoms with Crippen molar-refractivity contribution in [1.82, 2.24) is 15.1 Å². The Bertz CT molecular complexity index is 1470. The zero-order valence-electron chi connectivity index (χ0n) is 26.2. The van der Waals surface area contributed by atoms with Crippen LogP contribution >= 0.6 is 0 Å². The summed E-state index contributed by atoms with van der Waals surface area (Å²) in [6.07, 6.45) is 4.29. The Morgan fingerprint density at radius 2 is 1.60 bits per heavy atom. The highest BCUT2D eigenvalue weighted by atomic mass is 16.2. The molecule has 3 amide bonds. The molecule has 0 bridgehead atoms. The molecule has 43 heavy (non-hydrogen) atoms. The van der Waals surface area contributed by atoms with Crippen molar-refractivity contribution in [2.24, 2.45) is 11.1 Å². The molecule has 3 N–H and O–H groups in total. The van der Waals surface area contributed by atoms with Gasteiger partial charge in [-0.3, -0.25) is 14.4 Å². The van der Waals surface area contributed by atoms with E-state index in [0.717, 1.165) is 27.5 Å². The summed E-state index contributed by atoms with van der Waals surface area (Å²) in [6.45, 7) is 6.66. The number of benzene rings is 3. The summed E-state index contributed by atoms with van der Waals surface area (Å²) >= 11 is 0. The largest absolute Gasteiger partial charge is 0.359 e. The van der Waals surface area contributed by atoms with E-state index in [1.807, 2.05) is 74.2 Å². The molecule has 7 heteroatoms. The van der Waals surface area contributed by atoms with Crippen molar-refractivity contribution < 1.29 is 14.4 Å². The van der Waals surface area contributed by atoms with Crippen molar-refractivity contribution >= 4 is 28.5 Å². The molecule has 1 aliphatic rings. The van der Waals surface area contributed by atoms with E-state index in [-0.39, 0.29) is 17.7 Å². The Labute approximate surface area is 256 Å². The molecule has 1 atom stereocenters. The first-order chi connectivity index (χ1) is 20.4. The lowest BCUT2D eigenvalue weighted by molar-refractivity contribution is -0.146. The van der Waals surface area contributed by atoms with Gasteiger partial charge >= 0.3 is 0 Å². The van der Waals surface area contributed by atoms with Gasteiger partial charge in [0.25, 0.3) is 0 Å². The zero-order chi connectivity index (χ0) is 31.2. The number of amides is 3. The number of carbonyl (C=O) groups excluding carboxylic acids is 3. The zero-order valence-corrected chi connectivity index (χ0v) is 26.2. The molecular formula is C36H46N4O3. The molecule has 1 saturated heterocycles. The topological polar surface area (TPSA) is 95.7 Å². The molecule has 0 spiro atoms. The number of rotatable bonds is 10. The first-order valence-electron chi connectivity index (χ1n) is 15.2. The summed E-state index contributed by atoms with van der Waals surface area (Å²) in [7, 11) is 3.38. The highest BCUT2D eigenvalue weighted by Gasteiger charge is 2.43. The van der Waals surface area contributed by atoms with Crippen molar-refractivity contribution in [2.45, 2.75) is 64.5 Å². The second kappa shape index (κ2) is 13.6. The van der Waals surface area contributed by atoms with E-state index in [2.05, 4.69) is 29.6 Å². The van der Waals surface area contributed by atoms with Crippen LogP contribution in [0.1, 0.15) is 51.2 Å². The Morgan fingerprint density at radius 1 is 0.977 bits per heavy atom. The average Bonchev–Trinajstić information content (AvgIpc) is 2.98. The Morgan fingerprint density at radius 3 is 2.23 bits per heavy atom. The second-order valence-corrected chi connectivity index (χ2v) is 12.9.